The molecule has 0 bridgehead atoms. The second kappa shape index (κ2) is 5.74. The van der Waals surface area contributed by atoms with E-state index in [-0.39, 0.29) is 0 Å². The van der Waals surface area contributed by atoms with Crippen molar-refractivity contribution in [1.82, 2.24) is 4.98 Å². The van der Waals surface area contributed by atoms with Crippen molar-refractivity contribution in [2.45, 2.75) is 31.7 Å². The highest BCUT2D eigenvalue weighted by atomic mass is 35.5. The largest absolute Gasteiger partial charge is 0.351 e. The van der Waals surface area contributed by atoms with Crippen LogP contribution in [0.3, 0.4) is 0 Å². The van der Waals surface area contributed by atoms with E-state index in [0.29, 0.717) is 11.9 Å². The van der Waals surface area contributed by atoms with E-state index in [1.807, 2.05) is 12.1 Å². The number of halogens is 2. The van der Waals surface area contributed by atoms with Crippen LogP contribution < -0.4 is 4.90 Å². The summed E-state index contributed by atoms with van der Waals surface area (Å²) in [5.74, 6) is 1.53. The molecule has 1 unspecified atom stereocenters. The van der Waals surface area contributed by atoms with Crippen LogP contribution >= 0.6 is 23.2 Å². The fraction of sp³-hybridized carbons (Fsp3) is 0.583. The van der Waals surface area contributed by atoms with Crippen molar-refractivity contribution in [3.63, 3.8) is 0 Å². The summed E-state index contributed by atoms with van der Waals surface area (Å²) in [6, 6.07) is 4.12. The summed E-state index contributed by atoms with van der Waals surface area (Å²) in [4.78, 5) is 6.64. The van der Waals surface area contributed by atoms with E-state index in [1.165, 1.54) is 19.3 Å². The predicted molar refractivity (Wildman–Crippen MR) is 69.6 cm³/mol. The lowest BCUT2D eigenvalue weighted by molar-refractivity contribution is 0.616. The third-order valence-electron chi connectivity index (χ3n) is 3.07. The van der Waals surface area contributed by atoms with Crippen molar-refractivity contribution in [3.8, 4) is 0 Å². The normalized spacial score (nSPS) is 21.9. The van der Waals surface area contributed by atoms with Crippen LogP contribution in [0, 0.1) is 0 Å². The van der Waals surface area contributed by atoms with E-state index >= 15 is 0 Å². The van der Waals surface area contributed by atoms with Crippen molar-refractivity contribution < 1.29 is 0 Å². The van der Waals surface area contributed by atoms with Crippen LogP contribution in [-0.4, -0.2) is 23.5 Å². The van der Waals surface area contributed by atoms with Crippen molar-refractivity contribution in [3.05, 3.63) is 23.4 Å². The van der Waals surface area contributed by atoms with Gasteiger partial charge in [0.1, 0.15) is 5.82 Å². The summed E-state index contributed by atoms with van der Waals surface area (Å²) in [5.41, 5.74) is 0. The van der Waals surface area contributed by atoms with Crippen molar-refractivity contribution in [2.75, 3.05) is 17.3 Å². The summed E-state index contributed by atoms with van der Waals surface area (Å²) in [5, 5.41) is 0.722. The number of pyridine rings is 1. The first-order valence-electron chi connectivity index (χ1n) is 5.76. The zero-order valence-corrected chi connectivity index (χ0v) is 10.7. The fourth-order valence-corrected chi connectivity index (χ4v) is 2.76. The maximum Gasteiger partial charge on any atom is 0.147 e. The number of nitrogens with zero attached hydrogens (tertiary/aromatic N) is 2. The number of hydrogen-bond donors (Lipinski definition) is 0. The van der Waals surface area contributed by atoms with Gasteiger partial charge in [-0.05, 0) is 25.0 Å². The minimum Gasteiger partial charge on any atom is -0.351 e. The molecule has 16 heavy (non-hydrogen) atoms. The summed E-state index contributed by atoms with van der Waals surface area (Å²) in [7, 11) is 0. The molecule has 1 aromatic heterocycles. The molecule has 0 spiro atoms. The molecule has 2 rings (SSSR count). The highest BCUT2D eigenvalue weighted by molar-refractivity contribution is 6.33. The first kappa shape index (κ1) is 12.0. The Hall–Kier alpha value is -0.470. The number of alkyl halides is 1. The molecular weight excluding hydrogens is 243 g/mol. The van der Waals surface area contributed by atoms with E-state index in [4.69, 9.17) is 23.2 Å². The third-order valence-corrected chi connectivity index (χ3v) is 3.72. The molecule has 2 nitrogen and oxygen atoms in total. The maximum atomic E-state index is 6.19. The van der Waals surface area contributed by atoms with Crippen LogP contribution in [0.5, 0.6) is 0 Å². The molecule has 2 heterocycles. The molecule has 0 aliphatic carbocycles. The summed E-state index contributed by atoms with van der Waals surface area (Å²) < 4.78 is 0. The molecule has 0 radical (unpaired) electrons. The third kappa shape index (κ3) is 2.61. The number of rotatable bonds is 2. The van der Waals surface area contributed by atoms with Gasteiger partial charge in [-0.15, -0.1) is 11.6 Å². The number of hydrogen-bond acceptors (Lipinski definition) is 2. The predicted octanol–water partition coefficient (Wildman–Crippen LogP) is 3.72. The van der Waals surface area contributed by atoms with Crippen molar-refractivity contribution in [2.24, 2.45) is 0 Å². The molecule has 1 fully saturated rings. The first-order valence-corrected chi connectivity index (χ1v) is 6.67. The molecular formula is C12H16Cl2N2. The van der Waals surface area contributed by atoms with Crippen LogP contribution in [0.1, 0.15) is 25.7 Å². The van der Waals surface area contributed by atoms with Gasteiger partial charge in [0.15, 0.2) is 0 Å². The topological polar surface area (TPSA) is 16.1 Å². The SMILES string of the molecule is ClCC1CCCCCN1c1ncccc1Cl. The first-order chi connectivity index (χ1) is 7.83. The monoisotopic (exact) mass is 258 g/mol. The quantitative estimate of drug-likeness (QED) is 0.752. The van der Waals surface area contributed by atoms with Crippen LogP contribution in [0.25, 0.3) is 0 Å². The zero-order chi connectivity index (χ0) is 11.4. The average molecular weight is 259 g/mol. The minimum absolute atomic E-state index is 0.372. The molecule has 0 N–H and O–H groups in total. The lowest BCUT2D eigenvalue weighted by Gasteiger charge is -2.30. The number of anilines is 1. The smallest absolute Gasteiger partial charge is 0.147 e. The van der Waals surface area contributed by atoms with Gasteiger partial charge in [-0.25, -0.2) is 4.98 Å². The Morgan fingerprint density at radius 1 is 1.38 bits per heavy atom. The Kier molecular flexibility index (Phi) is 4.30. The zero-order valence-electron chi connectivity index (χ0n) is 9.20. The summed E-state index contributed by atoms with van der Waals surface area (Å²) >= 11 is 12.2. The molecule has 88 valence electrons. The van der Waals surface area contributed by atoms with E-state index in [0.717, 1.165) is 23.8 Å². The molecule has 1 aliphatic heterocycles. The average Bonchev–Trinajstić information content (AvgIpc) is 2.54. The van der Waals surface area contributed by atoms with Gasteiger partial charge in [-0.2, -0.15) is 0 Å². The molecule has 0 aromatic carbocycles. The second-order valence-corrected chi connectivity index (χ2v) is 4.88. The van der Waals surface area contributed by atoms with Gasteiger partial charge in [-0.3, -0.25) is 0 Å². The Labute approximate surface area is 107 Å². The Balaban J connectivity index is 2.25. The molecule has 4 heteroatoms. The van der Waals surface area contributed by atoms with Crippen LogP contribution in [0.15, 0.2) is 18.3 Å². The van der Waals surface area contributed by atoms with Gasteiger partial charge in [-0.1, -0.05) is 24.4 Å². The van der Waals surface area contributed by atoms with Crippen molar-refractivity contribution in [1.29, 1.82) is 0 Å². The van der Waals surface area contributed by atoms with Crippen molar-refractivity contribution >= 4 is 29.0 Å². The fourth-order valence-electron chi connectivity index (χ4n) is 2.21. The van der Waals surface area contributed by atoms with E-state index < -0.39 is 0 Å². The molecule has 1 saturated heterocycles. The second-order valence-electron chi connectivity index (χ2n) is 4.16. The lowest BCUT2D eigenvalue weighted by Crippen LogP contribution is -2.37. The van der Waals surface area contributed by atoms with Gasteiger partial charge in [0.25, 0.3) is 0 Å². The molecule has 1 aromatic rings. The summed E-state index contributed by atoms with van der Waals surface area (Å²) in [6.07, 6.45) is 6.64. The van der Waals surface area contributed by atoms with E-state index in [1.54, 1.807) is 6.20 Å². The maximum absolute atomic E-state index is 6.19. The standard InChI is InChI=1S/C12H16Cl2N2/c13-9-10-5-2-1-3-8-16(10)12-11(14)6-4-7-15-12/h4,6-7,10H,1-3,5,8-9H2. The van der Waals surface area contributed by atoms with Gasteiger partial charge in [0.05, 0.1) is 5.02 Å². The molecule has 0 amide bonds. The molecule has 1 aliphatic rings. The minimum atomic E-state index is 0.372. The van der Waals surface area contributed by atoms with Crippen LogP contribution in [0.4, 0.5) is 5.82 Å². The Bertz CT molecular complexity index is 344. The molecule has 0 saturated carbocycles. The summed E-state index contributed by atoms with van der Waals surface area (Å²) in [6.45, 7) is 1.01. The Morgan fingerprint density at radius 2 is 2.25 bits per heavy atom. The number of aromatic nitrogens is 1. The van der Waals surface area contributed by atoms with Gasteiger partial charge in [0.2, 0.25) is 0 Å². The van der Waals surface area contributed by atoms with Crippen LogP contribution in [0.2, 0.25) is 5.02 Å². The van der Waals surface area contributed by atoms with Gasteiger partial charge in [0, 0.05) is 24.7 Å². The lowest BCUT2D eigenvalue weighted by atomic mass is 10.1. The highest BCUT2D eigenvalue weighted by Gasteiger charge is 2.22. The highest BCUT2D eigenvalue weighted by Crippen LogP contribution is 2.28. The van der Waals surface area contributed by atoms with Gasteiger partial charge < -0.3 is 4.90 Å². The van der Waals surface area contributed by atoms with E-state index in [2.05, 4.69) is 9.88 Å². The molecule has 1 atom stereocenters. The van der Waals surface area contributed by atoms with Gasteiger partial charge >= 0.3 is 0 Å². The van der Waals surface area contributed by atoms with E-state index in [9.17, 15) is 0 Å². The van der Waals surface area contributed by atoms with Crippen LogP contribution in [-0.2, 0) is 0 Å². The Morgan fingerprint density at radius 3 is 3.00 bits per heavy atom.